The van der Waals surface area contributed by atoms with Gasteiger partial charge in [0.15, 0.2) is 6.23 Å². The molecular weight excluding hydrogens is 521 g/mol. The van der Waals surface area contributed by atoms with Crippen molar-refractivity contribution in [3.63, 3.8) is 0 Å². The second-order valence-electron chi connectivity index (χ2n) is 10.4. The predicted octanol–water partition coefficient (Wildman–Crippen LogP) is 6.88. The molecule has 0 saturated carbocycles. The fourth-order valence-electron chi connectivity index (χ4n) is 4.97. The highest BCUT2D eigenvalue weighted by molar-refractivity contribution is 5.90. The summed E-state index contributed by atoms with van der Waals surface area (Å²) in [6.45, 7) is 4.23. The lowest BCUT2D eigenvalue weighted by atomic mass is 9.78. The number of ether oxygens (including phenoxy) is 1. The number of rotatable bonds is 7. The van der Waals surface area contributed by atoms with Gasteiger partial charge in [0.1, 0.15) is 11.6 Å². The van der Waals surface area contributed by atoms with Crippen LogP contribution in [0.4, 0.5) is 20.6 Å². The number of aliphatic hydroxyl groups is 1. The molecule has 2 heterocycles. The van der Waals surface area contributed by atoms with Gasteiger partial charge in [-0.05, 0) is 78.4 Å². The van der Waals surface area contributed by atoms with Gasteiger partial charge in [-0.2, -0.15) is 0 Å². The molecule has 2 aromatic heterocycles. The molecule has 0 spiro atoms. The second-order valence-corrected chi connectivity index (χ2v) is 10.4. The van der Waals surface area contributed by atoms with Gasteiger partial charge in [0, 0.05) is 37.5 Å². The zero-order chi connectivity index (χ0) is 29.1. The van der Waals surface area contributed by atoms with E-state index in [1.807, 2.05) is 19.1 Å². The third kappa shape index (κ3) is 6.36. The molecule has 5 rings (SSSR count). The Bertz CT molecular complexity index is 1590. The third-order valence-corrected chi connectivity index (χ3v) is 7.02. The van der Waals surface area contributed by atoms with Crippen molar-refractivity contribution in [2.75, 3.05) is 24.7 Å². The number of urea groups is 1. The van der Waals surface area contributed by atoms with Gasteiger partial charge in [-0.3, -0.25) is 4.98 Å². The highest BCUT2D eigenvalue weighted by atomic mass is 19.1. The maximum atomic E-state index is 13.2. The number of nitrogens with one attached hydrogen (secondary N) is 2. The average molecular weight is 554 g/mol. The molecule has 9 heteroatoms. The Balaban J connectivity index is 1.38. The fourth-order valence-corrected chi connectivity index (χ4v) is 4.97. The second kappa shape index (κ2) is 11.8. The smallest absolute Gasteiger partial charge is 0.321 e. The number of hydrogen-bond acceptors (Lipinski definition) is 6. The quantitative estimate of drug-likeness (QED) is 0.216. The van der Waals surface area contributed by atoms with E-state index in [0.29, 0.717) is 28.9 Å². The van der Waals surface area contributed by atoms with E-state index in [1.165, 1.54) is 29.2 Å². The van der Waals surface area contributed by atoms with Crippen LogP contribution in [0.2, 0.25) is 0 Å². The normalized spacial score (nSPS) is 15.1. The van der Waals surface area contributed by atoms with Crippen LogP contribution in [0.1, 0.15) is 37.3 Å². The Morgan fingerprint density at radius 3 is 2.51 bits per heavy atom. The molecule has 2 atom stereocenters. The van der Waals surface area contributed by atoms with Crippen LogP contribution in [0.5, 0.6) is 11.6 Å². The molecule has 3 N–H and O–H groups in total. The van der Waals surface area contributed by atoms with E-state index in [-0.39, 0.29) is 11.8 Å². The van der Waals surface area contributed by atoms with Crippen molar-refractivity contribution in [3.8, 4) is 22.8 Å². The van der Waals surface area contributed by atoms with E-state index in [1.54, 1.807) is 44.8 Å². The third-order valence-electron chi connectivity index (χ3n) is 7.02. The van der Waals surface area contributed by atoms with Crippen molar-refractivity contribution in [3.05, 3.63) is 102 Å². The molecule has 1 unspecified atom stereocenters. The lowest BCUT2D eigenvalue weighted by molar-refractivity contribution is 0.230. The number of carbonyl (C=O) groups excluding carboxylic acids is 1. The summed E-state index contributed by atoms with van der Waals surface area (Å²) < 4.78 is 18.8. The van der Waals surface area contributed by atoms with E-state index in [9.17, 15) is 14.3 Å². The molecule has 1 aliphatic carbocycles. The zero-order valence-corrected chi connectivity index (χ0v) is 23.4. The average Bonchev–Trinajstić information content (AvgIpc) is 2.95. The molecule has 8 nitrogen and oxygen atoms in total. The minimum Gasteiger partial charge on any atom is -0.439 e. The first-order chi connectivity index (χ1) is 19.7. The number of nitrogens with zero attached hydrogens (tertiary/aromatic N) is 3. The van der Waals surface area contributed by atoms with Crippen LogP contribution in [-0.4, -0.2) is 46.3 Å². The molecule has 4 aromatic rings. The summed E-state index contributed by atoms with van der Waals surface area (Å²) in [5.74, 6) is 0.785. The minimum absolute atomic E-state index is 0.234. The maximum absolute atomic E-state index is 13.2. The van der Waals surface area contributed by atoms with Crippen LogP contribution in [0.25, 0.3) is 16.7 Å². The first-order valence-electron chi connectivity index (χ1n) is 13.3. The number of aliphatic hydroxyl groups excluding tert-OH is 1. The number of amides is 2. The van der Waals surface area contributed by atoms with Crippen molar-refractivity contribution >= 4 is 23.0 Å². The number of aromatic nitrogens is 2. The number of benzene rings is 2. The lowest BCUT2D eigenvalue weighted by Gasteiger charge is -2.30. The van der Waals surface area contributed by atoms with Gasteiger partial charge in [0.05, 0.1) is 23.8 Å². The molecule has 41 heavy (non-hydrogen) atoms. The number of fused-ring (bicyclic) bond motifs is 1. The molecular formula is C32H32FN5O3. The SMILES string of the molecule is CC1=C(C(O)Nc2ccc(Oc3ccc(F)cc3)nc2)c2cc(-c3cncc(NC(=O)N(C)C)c3)ccc2[C@H](C)C1. The van der Waals surface area contributed by atoms with Gasteiger partial charge in [0.2, 0.25) is 5.88 Å². The van der Waals surface area contributed by atoms with E-state index in [0.717, 1.165) is 39.8 Å². The van der Waals surface area contributed by atoms with Crippen molar-refractivity contribution in [2.45, 2.75) is 32.4 Å². The number of halogens is 1. The van der Waals surface area contributed by atoms with Gasteiger partial charge in [-0.15, -0.1) is 0 Å². The van der Waals surface area contributed by atoms with Gasteiger partial charge >= 0.3 is 6.03 Å². The molecule has 210 valence electrons. The summed E-state index contributed by atoms with van der Waals surface area (Å²) in [5.41, 5.74) is 7.02. The molecule has 2 amide bonds. The van der Waals surface area contributed by atoms with Crippen LogP contribution in [0.15, 0.2) is 84.8 Å². The highest BCUT2D eigenvalue weighted by Crippen LogP contribution is 2.42. The summed E-state index contributed by atoms with van der Waals surface area (Å²) >= 11 is 0. The van der Waals surface area contributed by atoms with E-state index in [2.05, 4.69) is 39.7 Å². The summed E-state index contributed by atoms with van der Waals surface area (Å²) in [5, 5.41) is 17.4. The van der Waals surface area contributed by atoms with Crippen molar-refractivity contribution < 1.29 is 19.0 Å². The van der Waals surface area contributed by atoms with Crippen molar-refractivity contribution in [1.82, 2.24) is 14.9 Å². The van der Waals surface area contributed by atoms with Gasteiger partial charge < -0.3 is 25.4 Å². The van der Waals surface area contributed by atoms with E-state index in [4.69, 9.17) is 4.74 Å². The summed E-state index contributed by atoms with van der Waals surface area (Å²) in [6.07, 6.45) is 4.80. The first-order valence-corrected chi connectivity index (χ1v) is 13.3. The van der Waals surface area contributed by atoms with Gasteiger partial charge in [-0.1, -0.05) is 24.6 Å². The minimum atomic E-state index is -0.981. The topological polar surface area (TPSA) is 99.6 Å². The van der Waals surface area contributed by atoms with Crippen LogP contribution in [-0.2, 0) is 0 Å². The van der Waals surface area contributed by atoms with Gasteiger partial charge in [0.25, 0.3) is 0 Å². The molecule has 2 aromatic carbocycles. The Morgan fingerprint density at radius 2 is 1.80 bits per heavy atom. The number of hydrogen-bond donors (Lipinski definition) is 3. The number of pyridine rings is 2. The number of allylic oxidation sites excluding steroid dienone is 1. The molecule has 0 bridgehead atoms. The Labute approximate surface area is 238 Å². The van der Waals surface area contributed by atoms with E-state index < -0.39 is 6.23 Å². The predicted molar refractivity (Wildman–Crippen MR) is 158 cm³/mol. The first kappa shape index (κ1) is 27.8. The molecule has 0 radical (unpaired) electrons. The summed E-state index contributed by atoms with van der Waals surface area (Å²) in [6, 6.07) is 17.0. The van der Waals surface area contributed by atoms with E-state index >= 15 is 0 Å². The van der Waals surface area contributed by atoms with Gasteiger partial charge in [-0.25, -0.2) is 14.2 Å². The Kier molecular flexibility index (Phi) is 7.98. The summed E-state index contributed by atoms with van der Waals surface area (Å²) in [7, 11) is 3.36. The van der Waals surface area contributed by atoms with Crippen molar-refractivity contribution in [2.24, 2.45) is 0 Å². The van der Waals surface area contributed by atoms with Crippen molar-refractivity contribution in [1.29, 1.82) is 0 Å². The maximum Gasteiger partial charge on any atom is 0.321 e. The monoisotopic (exact) mass is 553 g/mol. The zero-order valence-electron chi connectivity index (χ0n) is 23.4. The largest absolute Gasteiger partial charge is 0.439 e. The Hall–Kier alpha value is -4.76. The van der Waals surface area contributed by atoms with Crippen LogP contribution >= 0.6 is 0 Å². The van der Waals surface area contributed by atoms with Crippen LogP contribution < -0.4 is 15.4 Å². The number of anilines is 2. The Morgan fingerprint density at radius 1 is 1.02 bits per heavy atom. The molecule has 0 aliphatic heterocycles. The molecule has 0 saturated heterocycles. The number of carbonyl (C=O) groups is 1. The lowest BCUT2D eigenvalue weighted by Crippen LogP contribution is -2.27. The van der Waals surface area contributed by atoms with Crippen LogP contribution in [0, 0.1) is 5.82 Å². The van der Waals surface area contributed by atoms with Crippen LogP contribution in [0.3, 0.4) is 0 Å². The molecule has 0 fully saturated rings. The summed E-state index contributed by atoms with van der Waals surface area (Å²) in [4.78, 5) is 22.2. The standard InChI is InChI=1S/C32H32FN5O3/c1-19-13-20(2)30(31(39)36-24-8-12-29(35-18-24)41-26-9-6-23(33)7-10-26)28-15-21(5-11-27(19)28)22-14-25(17-34-16-22)37-32(40)38(3)4/h5-12,14-19,31,36,39H,13H2,1-4H3,(H,37,40)/t19-,31?/m1/s1. The fraction of sp³-hybridized carbons (Fsp3) is 0.219. The highest BCUT2D eigenvalue weighted by Gasteiger charge is 2.27. The molecule has 1 aliphatic rings.